The molecule has 232 valence electrons. The fraction of sp³-hybridized carbons (Fsp3) is 0.250. The second-order valence-corrected chi connectivity index (χ2v) is 13.4. The Balaban J connectivity index is 1.70. The third-order valence-electron chi connectivity index (χ3n) is 8.07. The van der Waals surface area contributed by atoms with Crippen molar-refractivity contribution < 1.29 is 22.4 Å². The average molecular weight is 624 g/mol. The van der Waals surface area contributed by atoms with Crippen molar-refractivity contribution in [2.75, 3.05) is 5.75 Å². The lowest BCUT2D eigenvalue weighted by molar-refractivity contribution is -0.133. The van der Waals surface area contributed by atoms with Crippen LogP contribution in [0.1, 0.15) is 47.1 Å². The van der Waals surface area contributed by atoms with E-state index in [1.165, 1.54) is 0 Å². The largest absolute Gasteiger partial charge is 0.434 e. The first-order chi connectivity index (χ1) is 21.7. The van der Waals surface area contributed by atoms with Crippen molar-refractivity contribution in [3.63, 3.8) is 0 Å². The molecule has 9 heteroatoms. The molecule has 5 rings (SSSR count). The van der Waals surface area contributed by atoms with Crippen molar-refractivity contribution in [2.24, 2.45) is 11.7 Å². The van der Waals surface area contributed by atoms with Crippen molar-refractivity contribution >= 4 is 32.6 Å². The number of amides is 1. The summed E-state index contributed by atoms with van der Waals surface area (Å²) < 4.78 is 34.2. The van der Waals surface area contributed by atoms with Gasteiger partial charge in [-0.2, -0.15) is 0 Å². The van der Waals surface area contributed by atoms with E-state index in [4.69, 9.17) is 10.2 Å². The highest BCUT2D eigenvalue weighted by atomic mass is 32.2. The molecular formula is C36H37N3O5S. The van der Waals surface area contributed by atoms with Gasteiger partial charge in [-0.15, -0.1) is 0 Å². The highest BCUT2D eigenvalue weighted by molar-refractivity contribution is 7.90. The lowest BCUT2D eigenvalue weighted by Crippen LogP contribution is -2.66. The van der Waals surface area contributed by atoms with E-state index in [-0.39, 0.29) is 31.2 Å². The molecule has 0 aliphatic rings. The zero-order valence-corrected chi connectivity index (χ0v) is 26.0. The number of nitrogens with two attached hydrogens (primary N) is 1. The van der Waals surface area contributed by atoms with Gasteiger partial charge < -0.3 is 10.2 Å². The van der Waals surface area contributed by atoms with Crippen molar-refractivity contribution in [3.05, 3.63) is 138 Å². The molecule has 8 nitrogen and oxygen atoms in total. The van der Waals surface area contributed by atoms with Crippen molar-refractivity contribution in [1.29, 1.82) is 0 Å². The number of Topliss-reactive ketones (excluding diaryl/α,β-unsaturated/α-hetero) is 1. The molecule has 1 unspecified atom stereocenters. The predicted octanol–water partition coefficient (Wildman–Crippen LogP) is 5.97. The molecular weight excluding hydrogens is 586 g/mol. The second kappa shape index (κ2) is 14.0. The summed E-state index contributed by atoms with van der Waals surface area (Å²) in [6.45, 7) is 2.22. The van der Waals surface area contributed by atoms with Crippen LogP contribution in [0, 0.1) is 5.92 Å². The third-order valence-corrected chi connectivity index (χ3v) is 9.72. The number of aromatic nitrogens is 1. The number of para-hydroxylation sites is 2. The Hall–Kier alpha value is -4.60. The number of primary amides is 1. The van der Waals surface area contributed by atoms with Gasteiger partial charge in [-0.3, -0.25) is 14.5 Å². The quantitative estimate of drug-likeness (QED) is 0.143. The first kappa shape index (κ1) is 31.8. The fourth-order valence-corrected chi connectivity index (χ4v) is 7.97. The summed E-state index contributed by atoms with van der Waals surface area (Å²) in [6, 6.07) is 34.7. The summed E-state index contributed by atoms with van der Waals surface area (Å²) in [5.41, 5.74) is 7.56. The lowest BCUT2D eigenvalue weighted by Gasteiger charge is -2.45. The molecule has 45 heavy (non-hydrogen) atoms. The summed E-state index contributed by atoms with van der Waals surface area (Å²) in [7, 11) is -4.02. The number of carbonyl (C=O) groups is 2. The summed E-state index contributed by atoms with van der Waals surface area (Å²) in [4.78, 5) is 34.8. The molecule has 0 saturated heterocycles. The number of sulfone groups is 1. The fourth-order valence-electron chi connectivity index (χ4n) is 5.97. The Morgan fingerprint density at radius 2 is 1.31 bits per heavy atom. The molecule has 0 fully saturated rings. The molecule has 2 atom stereocenters. The van der Waals surface area contributed by atoms with Crippen LogP contribution in [-0.2, 0) is 33.5 Å². The maximum absolute atomic E-state index is 14.5. The van der Waals surface area contributed by atoms with Crippen LogP contribution >= 0.6 is 0 Å². The van der Waals surface area contributed by atoms with Gasteiger partial charge in [0, 0.05) is 13.1 Å². The number of hydrogen-bond donors (Lipinski definition) is 1. The van der Waals surface area contributed by atoms with Gasteiger partial charge in [-0.05, 0) is 35.2 Å². The molecule has 0 spiro atoms. The van der Waals surface area contributed by atoms with E-state index >= 15 is 0 Å². The summed E-state index contributed by atoms with van der Waals surface area (Å²) >= 11 is 0. The summed E-state index contributed by atoms with van der Waals surface area (Å²) in [5, 5.41) is 0. The molecule has 1 aromatic heterocycles. The molecule has 1 amide bonds. The van der Waals surface area contributed by atoms with Gasteiger partial charge in [0.1, 0.15) is 11.1 Å². The van der Waals surface area contributed by atoms with Gasteiger partial charge in [0.25, 0.3) is 5.89 Å². The second-order valence-electron chi connectivity index (χ2n) is 11.3. The average Bonchev–Trinajstić information content (AvgIpc) is 3.48. The first-order valence-electron chi connectivity index (χ1n) is 15.0. The maximum Gasteiger partial charge on any atom is 0.264 e. The summed E-state index contributed by atoms with van der Waals surface area (Å²) in [5.74, 6) is -3.79. The number of nitrogens with zero attached hydrogens (tertiary/aromatic N) is 2. The SMILES string of the molecule is CCC[C@H](C(=O)c1nc2ccccc2o1)C(CS(=O)(=O)Cc1ccccc1)(C(N)=O)N(Cc1ccccc1)Cc1ccccc1. The van der Waals surface area contributed by atoms with Gasteiger partial charge in [-0.1, -0.05) is 116 Å². The van der Waals surface area contributed by atoms with Gasteiger partial charge in [-0.25, -0.2) is 13.4 Å². The van der Waals surface area contributed by atoms with Gasteiger partial charge >= 0.3 is 0 Å². The normalized spacial score (nSPS) is 13.8. The van der Waals surface area contributed by atoms with E-state index in [0.29, 0.717) is 23.1 Å². The molecule has 0 saturated carbocycles. The molecule has 4 aromatic carbocycles. The maximum atomic E-state index is 14.5. The minimum absolute atomic E-state index is 0.167. The number of carbonyl (C=O) groups excluding carboxylic acids is 2. The van der Waals surface area contributed by atoms with E-state index in [1.807, 2.05) is 73.7 Å². The Kier molecular flexibility index (Phi) is 9.90. The Labute approximate surface area is 263 Å². The molecule has 2 N–H and O–H groups in total. The van der Waals surface area contributed by atoms with Crippen molar-refractivity contribution in [2.45, 2.75) is 44.1 Å². The van der Waals surface area contributed by atoms with E-state index < -0.39 is 38.7 Å². The highest BCUT2D eigenvalue weighted by Crippen LogP contribution is 2.37. The Morgan fingerprint density at radius 1 is 0.800 bits per heavy atom. The molecule has 0 radical (unpaired) electrons. The molecule has 1 heterocycles. The van der Waals surface area contributed by atoms with Gasteiger partial charge in [0.05, 0.1) is 17.4 Å². The molecule has 0 bridgehead atoms. The van der Waals surface area contributed by atoms with Crippen LogP contribution in [0.25, 0.3) is 11.1 Å². The molecule has 0 aliphatic carbocycles. The number of fused-ring (bicyclic) bond motifs is 1. The Morgan fingerprint density at radius 3 is 1.82 bits per heavy atom. The van der Waals surface area contributed by atoms with Crippen LogP contribution in [0.5, 0.6) is 0 Å². The molecule has 5 aromatic rings. The van der Waals surface area contributed by atoms with Crippen LogP contribution < -0.4 is 5.73 Å². The van der Waals surface area contributed by atoms with Gasteiger partial charge in [0.2, 0.25) is 11.7 Å². The zero-order valence-electron chi connectivity index (χ0n) is 25.2. The zero-order chi connectivity index (χ0) is 31.9. The first-order valence-corrected chi connectivity index (χ1v) is 16.8. The number of oxazole rings is 1. The van der Waals surface area contributed by atoms with E-state index in [0.717, 1.165) is 11.1 Å². The highest BCUT2D eigenvalue weighted by Gasteiger charge is 2.55. The standard InChI is InChI=1S/C36H37N3O5S/c1-2-14-30(33(40)34-38-31-21-12-13-22-32(31)44-34)36(35(37)41,26-45(42,43)25-29-19-10-5-11-20-29)39(23-27-15-6-3-7-16-27)24-28-17-8-4-9-18-28/h3-13,15-22,30H,2,14,23-26H2,1H3,(H2,37,41)/t30-,36?/m1/s1. The van der Waals surface area contributed by atoms with Crippen LogP contribution in [0.3, 0.4) is 0 Å². The number of ketones is 1. The number of rotatable bonds is 15. The lowest BCUT2D eigenvalue weighted by atomic mass is 9.76. The summed E-state index contributed by atoms with van der Waals surface area (Å²) in [6.07, 6.45) is 0.663. The van der Waals surface area contributed by atoms with Crippen LogP contribution in [-0.4, -0.2) is 41.3 Å². The van der Waals surface area contributed by atoms with Crippen LogP contribution in [0.2, 0.25) is 0 Å². The van der Waals surface area contributed by atoms with Crippen molar-refractivity contribution in [3.8, 4) is 0 Å². The molecule has 0 aliphatic heterocycles. The monoisotopic (exact) mass is 623 g/mol. The predicted molar refractivity (Wildman–Crippen MR) is 175 cm³/mol. The van der Waals surface area contributed by atoms with Crippen LogP contribution in [0.15, 0.2) is 120 Å². The number of benzene rings is 4. The number of hydrogen-bond acceptors (Lipinski definition) is 7. The smallest absolute Gasteiger partial charge is 0.264 e. The Bertz CT molecular complexity index is 1770. The van der Waals surface area contributed by atoms with Crippen LogP contribution in [0.4, 0.5) is 0 Å². The minimum Gasteiger partial charge on any atom is -0.434 e. The van der Waals surface area contributed by atoms with E-state index in [2.05, 4.69) is 4.98 Å². The van der Waals surface area contributed by atoms with E-state index in [9.17, 15) is 18.0 Å². The topological polar surface area (TPSA) is 124 Å². The van der Waals surface area contributed by atoms with Gasteiger partial charge in [0.15, 0.2) is 15.4 Å². The van der Waals surface area contributed by atoms with Crippen molar-refractivity contribution in [1.82, 2.24) is 9.88 Å². The third kappa shape index (κ3) is 7.38. The minimum atomic E-state index is -4.02. The van der Waals surface area contributed by atoms with E-state index in [1.54, 1.807) is 53.4 Å².